The first kappa shape index (κ1) is 19.3. The van der Waals surface area contributed by atoms with Gasteiger partial charge in [0, 0.05) is 0 Å². The van der Waals surface area contributed by atoms with Crippen molar-refractivity contribution in [2.75, 3.05) is 0 Å². The third-order valence-corrected chi connectivity index (χ3v) is 5.86. The van der Waals surface area contributed by atoms with Gasteiger partial charge in [0.05, 0.1) is 0 Å². The summed E-state index contributed by atoms with van der Waals surface area (Å²) < 4.78 is 0. The molecule has 29 heavy (non-hydrogen) atoms. The zero-order valence-corrected chi connectivity index (χ0v) is 17.5. The van der Waals surface area contributed by atoms with Gasteiger partial charge in [-0.15, -0.1) is 0 Å². The molecule has 0 aliphatic rings. The van der Waals surface area contributed by atoms with Crippen molar-refractivity contribution in [2.24, 2.45) is 0 Å². The Morgan fingerprint density at radius 1 is 0.552 bits per heavy atom. The van der Waals surface area contributed by atoms with Gasteiger partial charge < -0.3 is 0 Å². The molecule has 0 spiro atoms. The van der Waals surface area contributed by atoms with Crippen LogP contribution >= 0.6 is 0 Å². The zero-order valence-electron chi connectivity index (χ0n) is 17.5. The van der Waals surface area contributed by atoms with Crippen molar-refractivity contribution in [3.8, 4) is 0 Å². The normalized spacial score (nSPS) is 11.8. The van der Waals surface area contributed by atoms with E-state index < -0.39 is 0 Å². The molecule has 0 N–H and O–H groups in total. The van der Waals surface area contributed by atoms with Crippen LogP contribution in [0.3, 0.4) is 0 Å². The molecule has 1 atom stereocenters. The third-order valence-electron chi connectivity index (χ3n) is 5.86. The highest BCUT2D eigenvalue weighted by Crippen LogP contribution is 2.33. The summed E-state index contributed by atoms with van der Waals surface area (Å²) in [4.78, 5) is 0. The molecule has 0 saturated heterocycles. The average molecular weight is 374 g/mol. The zero-order chi connectivity index (χ0) is 20.2. The average Bonchev–Trinajstić information content (AvgIpc) is 2.74. The van der Waals surface area contributed by atoms with Gasteiger partial charge in [0.15, 0.2) is 0 Å². The summed E-state index contributed by atoms with van der Waals surface area (Å²) in [6.45, 7) is 6.96. The molecular formula is C28H27B. The van der Waals surface area contributed by atoms with Crippen molar-refractivity contribution < 1.29 is 0 Å². The van der Waals surface area contributed by atoms with Crippen molar-refractivity contribution in [2.45, 2.75) is 26.6 Å². The van der Waals surface area contributed by atoms with Gasteiger partial charge in [-0.3, -0.25) is 0 Å². The van der Waals surface area contributed by atoms with E-state index in [2.05, 4.69) is 124 Å². The summed E-state index contributed by atoms with van der Waals surface area (Å²) in [5.74, 6) is 0.251. The van der Waals surface area contributed by atoms with Gasteiger partial charge in [0.1, 0.15) is 0 Å². The van der Waals surface area contributed by atoms with Gasteiger partial charge in [-0.2, -0.15) is 0 Å². The topological polar surface area (TPSA) is 0 Å². The van der Waals surface area contributed by atoms with Crippen LogP contribution in [-0.2, 0) is 0 Å². The van der Waals surface area contributed by atoms with Crippen molar-refractivity contribution in [1.29, 1.82) is 0 Å². The SMILES string of the molecule is Cc1cc(C)c(C(B(c2ccccc2)c2ccccc2)c2ccccc2)c(C)c1. The van der Waals surface area contributed by atoms with Gasteiger partial charge >= 0.3 is 0 Å². The Morgan fingerprint density at radius 3 is 1.41 bits per heavy atom. The molecule has 0 amide bonds. The predicted molar refractivity (Wildman–Crippen MR) is 127 cm³/mol. The number of benzene rings is 4. The van der Waals surface area contributed by atoms with E-state index in [0.717, 1.165) is 0 Å². The first-order valence-corrected chi connectivity index (χ1v) is 10.4. The van der Waals surface area contributed by atoms with Gasteiger partial charge in [-0.05, 0) is 48.8 Å². The maximum Gasteiger partial charge on any atom is 0.221 e. The highest BCUT2D eigenvalue weighted by Gasteiger charge is 2.33. The minimum atomic E-state index is 0.250. The first-order chi connectivity index (χ1) is 14.1. The molecule has 142 valence electrons. The first-order valence-electron chi connectivity index (χ1n) is 10.4. The van der Waals surface area contributed by atoms with Gasteiger partial charge in [-0.1, -0.05) is 120 Å². The standard InChI is InChI=1S/C28H27B/c1-21-19-22(2)27(23(3)20-21)28(24-13-7-4-8-14-24)29(25-15-9-5-10-16-25)26-17-11-6-12-18-26/h4-20,28H,1-3H3. The van der Waals surface area contributed by atoms with Crippen LogP contribution in [0.4, 0.5) is 0 Å². The van der Waals surface area contributed by atoms with Crippen LogP contribution in [0.25, 0.3) is 0 Å². The van der Waals surface area contributed by atoms with Crippen molar-refractivity contribution in [3.05, 3.63) is 131 Å². The molecule has 4 rings (SSSR count). The lowest BCUT2D eigenvalue weighted by atomic mass is 9.31. The molecular weight excluding hydrogens is 347 g/mol. The summed E-state index contributed by atoms with van der Waals surface area (Å²) >= 11 is 0. The van der Waals surface area contributed by atoms with Gasteiger partial charge in [0.25, 0.3) is 0 Å². The Hall–Kier alpha value is -3.06. The molecule has 1 unspecified atom stereocenters. The van der Waals surface area contributed by atoms with Crippen LogP contribution in [0.1, 0.15) is 33.6 Å². The Kier molecular flexibility index (Phi) is 5.67. The monoisotopic (exact) mass is 374 g/mol. The Labute approximate surface area is 175 Å². The maximum absolute atomic E-state index is 2.32. The molecule has 1 heteroatoms. The van der Waals surface area contributed by atoms with E-state index in [9.17, 15) is 0 Å². The van der Waals surface area contributed by atoms with E-state index in [-0.39, 0.29) is 12.5 Å². The van der Waals surface area contributed by atoms with Crippen molar-refractivity contribution >= 4 is 17.6 Å². The fraction of sp³-hybridized carbons (Fsp3) is 0.143. The van der Waals surface area contributed by atoms with Crippen LogP contribution in [0, 0.1) is 20.8 Å². The number of hydrogen-bond donors (Lipinski definition) is 0. The van der Waals surface area contributed by atoms with Crippen LogP contribution < -0.4 is 10.9 Å². The number of aryl methyl sites for hydroxylation is 3. The highest BCUT2D eigenvalue weighted by molar-refractivity contribution is 6.86. The third kappa shape index (κ3) is 4.05. The summed E-state index contributed by atoms with van der Waals surface area (Å²) in [6.07, 6.45) is 0. The summed E-state index contributed by atoms with van der Waals surface area (Å²) in [7, 11) is 0. The Bertz CT molecular complexity index is 1010. The lowest BCUT2D eigenvalue weighted by Gasteiger charge is -2.29. The molecule has 0 bridgehead atoms. The van der Waals surface area contributed by atoms with Crippen LogP contribution in [0.2, 0.25) is 0 Å². The van der Waals surface area contributed by atoms with Crippen molar-refractivity contribution in [1.82, 2.24) is 0 Å². The molecule has 0 aliphatic carbocycles. The van der Waals surface area contributed by atoms with Crippen molar-refractivity contribution in [3.63, 3.8) is 0 Å². The minimum absolute atomic E-state index is 0.250. The summed E-state index contributed by atoms with van der Waals surface area (Å²) in [5, 5.41) is 0. The maximum atomic E-state index is 2.32. The van der Waals surface area contributed by atoms with E-state index in [1.807, 2.05) is 0 Å². The molecule has 0 aliphatic heterocycles. The van der Waals surface area contributed by atoms with E-state index in [4.69, 9.17) is 0 Å². The molecule has 0 aromatic heterocycles. The lowest BCUT2D eigenvalue weighted by Crippen LogP contribution is -2.48. The molecule has 0 fully saturated rings. The van der Waals surface area contributed by atoms with Crippen LogP contribution in [-0.4, -0.2) is 6.71 Å². The van der Waals surface area contributed by atoms with E-state index in [0.29, 0.717) is 0 Å². The van der Waals surface area contributed by atoms with Gasteiger partial charge in [-0.25, -0.2) is 0 Å². The quantitative estimate of drug-likeness (QED) is 0.400. The largest absolute Gasteiger partial charge is 0.221 e. The minimum Gasteiger partial charge on any atom is -0.0732 e. The molecule has 0 nitrogen and oxygen atoms in total. The van der Waals surface area contributed by atoms with E-state index in [1.165, 1.54) is 38.7 Å². The fourth-order valence-electron chi connectivity index (χ4n) is 4.77. The summed E-state index contributed by atoms with van der Waals surface area (Å²) in [6, 6.07) is 37.5. The second kappa shape index (κ2) is 8.53. The smallest absolute Gasteiger partial charge is 0.0732 e. The molecule has 0 saturated carbocycles. The molecule has 4 aromatic rings. The molecule has 0 radical (unpaired) electrons. The second-order valence-corrected chi connectivity index (χ2v) is 8.00. The lowest BCUT2D eigenvalue weighted by molar-refractivity contribution is 1.06. The van der Waals surface area contributed by atoms with E-state index in [1.54, 1.807) is 0 Å². The Morgan fingerprint density at radius 2 is 0.966 bits per heavy atom. The molecule has 0 heterocycles. The fourth-order valence-corrected chi connectivity index (χ4v) is 4.77. The second-order valence-electron chi connectivity index (χ2n) is 8.00. The predicted octanol–water partition coefficient (Wildman–Crippen LogP) is 5.59. The molecule has 4 aromatic carbocycles. The van der Waals surface area contributed by atoms with E-state index >= 15 is 0 Å². The summed E-state index contributed by atoms with van der Waals surface area (Å²) in [5.41, 5.74) is 9.58. The van der Waals surface area contributed by atoms with Crippen LogP contribution in [0.5, 0.6) is 0 Å². The highest BCUT2D eigenvalue weighted by atomic mass is 14.2. The van der Waals surface area contributed by atoms with Crippen LogP contribution in [0.15, 0.2) is 103 Å². The van der Waals surface area contributed by atoms with Gasteiger partial charge in [0.2, 0.25) is 6.71 Å². The number of hydrogen-bond acceptors (Lipinski definition) is 0. The number of rotatable bonds is 5. The Balaban J connectivity index is 2.01.